The van der Waals surface area contributed by atoms with Gasteiger partial charge in [-0.25, -0.2) is 0 Å². The summed E-state index contributed by atoms with van der Waals surface area (Å²) in [5.41, 5.74) is 0. The van der Waals surface area contributed by atoms with E-state index >= 15 is 0 Å². The second-order valence-electron chi connectivity index (χ2n) is 4.00. The SMILES string of the molecule is CCOCCN(CC(=O)O)C1CCCC1. The van der Waals surface area contributed by atoms with Crippen molar-refractivity contribution in [3.05, 3.63) is 0 Å². The number of rotatable bonds is 7. The highest BCUT2D eigenvalue weighted by atomic mass is 16.5. The maximum absolute atomic E-state index is 10.7. The van der Waals surface area contributed by atoms with Gasteiger partial charge in [0.15, 0.2) is 0 Å². The van der Waals surface area contributed by atoms with E-state index in [0.717, 1.165) is 19.4 Å². The van der Waals surface area contributed by atoms with Crippen molar-refractivity contribution in [3.8, 4) is 0 Å². The Bertz CT molecular complexity index is 190. The Hall–Kier alpha value is -0.610. The largest absolute Gasteiger partial charge is 0.480 e. The lowest BCUT2D eigenvalue weighted by Crippen LogP contribution is -2.39. The molecule has 1 aliphatic carbocycles. The van der Waals surface area contributed by atoms with Crippen molar-refractivity contribution < 1.29 is 14.6 Å². The minimum atomic E-state index is -0.738. The fourth-order valence-corrected chi connectivity index (χ4v) is 2.16. The smallest absolute Gasteiger partial charge is 0.317 e. The van der Waals surface area contributed by atoms with Gasteiger partial charge in [0.25, 0.3) is 0 Å². The van der Waals surface area contributed by atoms with E-state index in [-0.39, 0.29) is 6.54 Å². The third-order valence-electron chi connectivity index (χ3n) is 2.91. The lowest BCUT2D eigenvalue weighted by molar-refractivity contribution is -0.139. The molecule has 15 heavy (non-hydrogen) atoms. The van der Waals surface area contributed by atoms with Crippen LogP contribution in [0.4, 0.5) is 0 Å². The molecule has 0 aromatic carbocycles. The van der Waals surface area contributed by atoms with Crippen molar-refractivity contribution >= 4 is 5.97 Å². The second kappa shape index (κ2) is 6.80. The minimum absolute atomic E-state index is 0.151. The lowest BCUT2D eigenvalue weighted by atomic mass is 10.2. The van der Waals surface area contributed by atoms with E-state index in [1.165, 1.54) is 12.8 Å². The number of carbonyl (C=O) groups is 1. The normalized spacial score (nSPS) is 17.5. The predicted octanol–water partition coefficient (Wildman–Crippen LogP) is 1.35. The average Bonchev–Trinajstić information content (AvgIpc) is 2.68. The van der Waals surface area contributed by atoms with Gasteiger partial charge in [0.2, 0.25) is 0 Å². The fraction of sp³-hybridized carbons (Fsp3) is 0.909. The Labute approximate surface area is 91.2 Å². The van der Waals surface area contributed by atoms with Crippen LogP contribution in [0.15, 0.2) is 0 Å². The van der Waals surface area contributed by atoms with Crippen LogP contribution < -0.4 is 0 Å². The molecule has 1 rings (SSSR count). The van der Waals surface area contributed by atoms with Gasteiger partial charge in [-0.3, -0.25) is 9.69 Å². The number of nitrogens with zero attached hydrogens (tertiary/aromatic N) is 1. The molecule has 1 saturated carbocycles. The molecule has 0 aromatic rings. The van der Waals surface area contributed by atoms with Crippen molar-refractivity contribution in [2.45, 2.75) is 38.6 Å². The van der Waals surface area contributed by atoms with Gasteiger partial charge >= 0.3 is 5.97 Å². The molecular formula is C11H21NO3. The molecule has 0 spiro atoms. The summed E-state index contributed by atoms with van der Waals surface area (Å²) in [6, 6.07) is 0.460. The van der Waals surface area contributed by atoms with E-state index < -0.39 is 5.97 Å². The highest BCUT2D eigenvalue weighted by Gasteiger charge is 2.23. The molecule has 0 aromatic heterocycles. The molecule has 0 aliphatic heterocycles. The zero-order valence-electron chi connectivity index (χ0n) is 9.45. The quantitative estimate of drug-likeness (QED) is 0.651. The molecule has 0 radical (unpaired) electrons. The molecular weight excluding hydrogens is 194 g/mol. The fourth-order valence-electron chi connectivity index (χ4n) is 2.16. The van der Waals surface area contributed by atoms with Gasteiger partial charge in [0.05, 0.1) is 13.2 Å². The molecule has 0 atom stereocenters. The molecule has 0 saturated heterocycles. The lowest BCUT2D eigenvalue weighted by Gasteiger charge is -2.26. The summed E-state index contributed by atoms with van der Waals surface area (Å²) >= 11 is 0. The van der Waals surface area contributed by atoms with Gasteiger partial charge in [0, 0.05) is 19.2 Å². The minimum Gasteiger partial charge on any atom is -0.480 e. The van der Waals surface area contributed by atoms with Crippen molar-refractivity contribution in [2.75, 3.05) is 26.3 Å². The summed E-state index contributed by atoms with van der Waals surface area (Å²) in [4.78, 5) is 12.8. The van der Waals surface area contributed by atoms with Gasteiger partial charge in [-0.05, 0) is 19.8 Å². The highest BCUT2D eigenvalue weighted by Crippen LogP contribution is 2.22. The Balaban J connectivity index is 2.33. The number of carboxylic acid groups (broad SMARTS) is 1. The number of ether oxygens (including phenoxy) is 1. The summed E-state index contributed by atoms with van der Waals surface area (Å²) < 4.78 is 5.27. The van der Waals surface area contributed by atoms with Crippen LogP contribution in [-0.4, -0.2) is 48.3 Å². The first kappa shape index (κ1) is 12.5. The van der Waals surface area contributed by atoms with Crippen molar-refractivity contribution in [2.24, 2.45) is 0 Å². The maximum Gasteiger partial charge on any atom is 0.317 e. The molecule has 0 unspecified atom stereocenters. The van der Waals surface area contributed by atoms with Crippen LogP contribution in [0.25, 0.3) is 0 Å². The van der Waals surface area contributed by atoms with E-state index in [1.807, 2.05) is 11.8 Å². The first-order chi connectivity index (χ1) is 7.24. The Morgan fingerprint density at radius 2 is 2.13 bits per heavy atom. The van der Waals surface area contributed by atoms with Crippen molar-refractivity contribution in [1.82, 2.24) is 4.90 Å². The van der Waals surface area contributed by atoms with Crippen LogP contribution in [0.5, 0.6) is 0 Å². The van der Waals surface area contributed by atoms with E-state index in [0.29, 0.717) is 19.3 Å². The number of carboxylic acids is 1. The molecule has 0 heterocycles. The maximum atomic E-state index is 10.7. The Kier molecular flexibility index (Phi) is 5.65. The van der Waals surface area contributed by atoms with E-state index in [4.69, 9.17) is 9.84 Å². The Morgan fingerprint density at radius 3 is 2.67 bits per heavy atom. The third-order valence-corrected chi connectivity index (χ3v) is 2.91. The van der Waals surface area contributed by atoms with Crippen molar-refractivity contribution in [1.29, 1.82) is 0 Å². The van der Waals surface area contributed by atoms with Crippen LogP contribution in [0.1, 0.15) is 32.6 Å². The summed E-state index contributed by atoms with van der Waals surface area (Å²) in [6.45, 7) is 4.19. The summed E-state index contributed by atoms with van der Waals surface area (Å²) in [5, 5.41) is 8.82. The molecule has 1 N–H and O–H groups in total. The molecule has 1 fully saturated rings. The van der Waals surface area contributed by atoms with Gasteiger partial charge in [-0.15, -0.1) is 0 Å². The predicted molar refractivity (Wildman–Crippen MR) is 58.0 cm³/mol. The molecule has 88 valence electrons. The van der Waals surface area contributed by atoms with Gasteiger partial charge in [-0.2, -0.15) is 0 Å². The van der Waals surface area contributed by atoms with Crippen LogP contribution in [0.2, 0.25) is 0 Å². The summed E-state index contributed by atoms with van der Waals surface area (Å²) in [5.74, 6) is -0.738. The molecule has 0 bridgehead atoms. The van der Waals surface area contributed by atoms with Gasteiger partial charge in [0.1, 0.15) is 0 Å². The average molecular weight is 215 g/mol. The standard InChI is InChI=1S/C11H21NO3/c1-2-15-8-7-12(9-11(13)14)10-5-3-4-6-10/h10H,2-9H2,1H3,(H,13,14). The molecule has 0 amide bonds. The monoisotopic (exact) mass is 215 g/mol. The number of hydrogen-bond acceptors (Lipinski definition) is 3. The highest BCUT2D eigenvalue weighted by molar-refractivity contribution is 5.69. The summed E-state index contributed by atoms with van der Waals surface area (Å²) in [7, 11) is 0. The second-order valence-corrected chi connectivity index (χ2v) is 4.00. The zero-order valence-corrected chi connectivity index (χ0v) is 9.45. The first-order valence-corrected chi connectivity index (χ1v) is 5.77. The van der Waals surface area contributed by atoms with Crippen LogP contribution in [0, 0.1) is 0 Å². The number of aliphatic carboxylic acids is 1. The van der Waals surface area contributed by atoms with Crippen LogP contribution in [0.3, 0.4) is 0 Å². The van der Waals surface area contributed by atoms with Crippen molar-refractivity contribution in [3.63, 3.8) is 0 Å². The van der Waals surface area contributed by atoms with Crippen LogP contribution in [-0.2, 0) is 9.53 Å². The summed E-state index contributed by atoms with van der Waals surface area (Å²) in [6.07, 6.45) is 4.74. The topological polar surface area (TPSA) is 49.8 Å². The van der Waals surface area contributed by atoms with Gasteiger partial charge < -0.3 is 9.84 Å². The third kappa shape index (κ3) is 4.62. The molecule has 4 heteroatoms. The number of hydrogen-bond donors (Lipinski definition) is 1. The van der Waals surface area contributed by atoms with E-state index in [2.05, 4.69) is 0 Å². The van der Waals surface area contributed by atoms with E-state index in [1.54, 1.807) is 0 Å². The zero-order chi connectivity index (χ0) is 11.1. The first-order valence-electron chi connectivity index (χ1n) is 5.77. The molecule has 4 nitrogen and oxygen atoms in total. The molecule has 1 aliphatic rings. The van der Waals surface area contributed by atoms with E-state index in [9.17, 15) is 4.79 Å². The van der Waals surface area contributed by atoms with Gasteiger partial charge in [-0.1, -0.05) is 12.8 Å². The van der Waals surface area contributed by atoms with Crippen LogP contribution >= 0.6 is 0 Å². The Morgan fingerprint density at radius 1 is 1.47 bits per heavy atom.